The molecule has 0 unspecified atom stereocenters. The van der Waals surface area contributed by atoms with Gasteiger partial charge in [-0.2, -0.15) is 4.98 Å². The van der Waals surface area contributed by atoms with Gasteiger partial charge in [0.05, 0.1) is 19.0 Å². The summed E-state index contributed by atoms with van der Waals surface area (Å²) in [5.74, 6) is -0.417. The van der Waals surface area contributed by atoms with E-state index in [2.05, 4.69) is 75.7 Å². The summed E-state index contributed by atoms with van der Waals surface area (Å²) >= 11 is 0. The summed E-state index contributed by atoms with van der Waals surface area (Å²) in [6.07, 6.45) is 1.11. The van der Waals surface area contributed by atoms with E-state index in [9.17, 15) is 9.59 Å². The van der Waals surface area contributed by atoms with Gasteiger partial charge in [-0.3, -0.25) is 24.5 Å². The fourth-order valence-electron chi connectivity index (χ4n) is 5.76. The smallest absolute Gasteiger partial charge is 0.335 e. The predicted octanol–water partition coefficient (Wildman–Crippen LogP) is 4.96. The Morgan fingerprint density at radius 1 is 1.00 bits per heavy atom. The van der Waals surface area contributed by atoms with Crippen LogP contribution in [0.15, 0.2) is 11.1 Å². The van der Waals surface area contributed by atoms with Gasteiger partial charge in [0.2, 0.25) is 11.9 Å². The minimum absolute atomic E-state index is 0.0839. The molecule has 0 aliphatic carbocycles. The SMILES string of the molecule is CC(C)C(=O)Nc1nc2c(ncn2[C@H]2C[C@@H]3O[Si](C(C)C)(C(C)C)O[Si](C(C)C)(C(C)C)OC[C@H]3O2)c(=O)[nH]1. The van der Waals surface area contributed by atoms with E-state index in [4.69, 9.17) is 17.7 Å². The Hall–Kier alpha value is -1.91. The van der Waals surface area contributed by atoms with Gasteiger partial charge in [0.1, 0.15) is 12.3 Å². The van der Waals surface area contributed by atoms with Crippen molar-refractivity contribution in [2.45, 2.75) is 116 Å². The summed E-state index contributed by atoms with van der Waals surface area (Å²) in [4.78, 5) is 36.4. The van der Waals surface area contributed by atoms with Crippen LogP contribution in [0.2, 0.25) is 22.2 Å². The highest BCUT2D eigenvalue weighted by Gasteiger charge is 2.60. The summed E-state index contributed by atoms with van der Waals surface area (Å²) in [7, 11) is -5.44. The number of carbonyl (C=O) groups is 1. The minimum atomic E-state index is -2.77. The Labute approximate surface area is 232 Å². The highest BCUT2D eigenvalue weighted by Crippen LogP contribution is 2.48. The number of fused-ring (bicyclic) bond motifs is 2. The molecule has 0 bridgehead atoms. The molecule has 2 aromatic heterocycles. The summed E-state index contributed by atoms with van der Waals surface area (Å²) in [5.41, 5.74) is 1.02. The molecular formula is C26H45N5O6Si2. The topological polar surface area (TPSA) is 130 Å². The van der Waals surface area contributed by atoms with E-state index in [1.165, 1.54) is 0 Å². The maximum absolute atomic E-state index is 12.7. The number of hydrogen-bond acceptors (Lipinski definition) is 8. The number of imidazole rings is 1. The second kappa shape index (κ2) is 11.2. The van der Waals surface area contributed by atoms with Crippen molar-refractivity contribution < 1.29 is 22.5 Å². The van der Waals surface area contributed by atoms with E-state index in [0.717, 1.165) is 0 Å². The standard InChI is InChI=1S/C26H45N5O6Si2/c1-14(2)24(32)29-26-28-23-22(25(33)30-26)27-13-31(23)21-11-19-20(35-21)12-34-38(15(3)4,16(5)6)37-39(36-19,17(7)8)18(9)10/h13-21H,11-12H2,1-10H3,(H2,28,29,30,32,33)/t19-,20+,21+/m0/s1. The lowest BCUT2D eigenvalue weighted by Crippen LogP contribution is -2.65. The lowest BCUT2D eigenvalue weighted by Gasteiger charge is -2.51. The summed E-state index contributed by atoms with van der Waals surface area (Å²) in [6, 6.07) is 0. The van der Waals surface area contributed by atoms with Gasteiger partial charge in [-0.15, -0.1) is 0 Å². The van der Waals surface area contributed by atoms with Crippen LogP contribution < -0.4 is 10.9 Å². The quantitative estimate of drug-likeness (QED) is 0.441. The molecule has 1 amide bonds. The Balaban J connectivity index is 1.72. The van der Waals surface area contributed by atoms with Crippen LogP contribution in [0.25, 0.3) is 11.2 Å². The van der Waals surface area contributed by atoms with Gasteiger partial charge in [0.25, 0.3) is 5.56 Å². The Morgan fingerprint density at radius 3 is 2.18 bits per heavy atom. The zero-order valence-corrected chi connectivity index (χ0v) is 26.9. The number of aromatic amines is 1. The molecule has 4 heterocycles. The van der Waals surface area contributed by atoms with Crippen molar-refractivity contribution in [2.24, 2.45) is 5.92 Å². The van der Waals surface area contributed by atoms with E-state index in [0.29, 0.717) is 18.7 Å². The van der Waals surface area contributed by atoms with Crippen LogP contribution in [0.1, 0.15) is 81.9 Å². The first-order valence-electron chi connectivity index (χ1n) is 14.2. The number of amides is 1. The molecule has 0 aromatic carbocycles. The molecule has 2 saturated heterocycles. The van der Waals surface area contributed by atoms with E-state index in [-0.39, 0.29) is 57.7 Å². The van der Waals surface area contributed by atoms with Crippen LogP contribution >= 0.6 is 0 Å². The van der Waals surface area contributed by atoms with Crippen molar-refractivity contribution in [3.05, 3.63) is 16.7 Å². The molecule has 39 heavy (non-hydrogen) atoms. The van der Waals surface area contributed by atoms with Crippen LogP contribution in [0.5, 0.6) is 0 Å². The van der Waals surface area contributed by atoms with Crippen LogP contribution in [0, 0.1) is 5.92 Å². The Bertz CT molecular complexity index is 1230. The molecule has 218 valence electrons. The van der Waals surface area contributed by atoms with E-state index in [1.54, 1.807) is 24.7 Å². The summed E-state index contributed by atoms with van der Waals surface area (Å²) in [5, 5.41) is 2.68. The Morgan fingerprint density at radius 2 is 1.62 bits per heavy atom. The molecule has 3 atom stereocenters. The lowest BCUT2D eigenvalue weighted by atomic mass is 10.2. The van der Waals surface area contributed by atoms with Crippen LogP contribution in [0.4, 0.5) is 5.95 Å². The first kappa shape index (κ1) is 30.1. The maximum Gasteiger partial charge on any atom is 0.335 e. The molecule has 11 nitrogen and oxygen atoms in total. The number of nitrogens with one attached hydrogen (secondary N) is 2. The monoisotopic (exact) mass is 579 g/mol. The molecule has 2 N–H and O–H groups in total. The molecule has 13 heteroatoms. The van der Waals surface area contributed by atoms with Gasteiger partial charge in [0.15, 0.2) is 11.2 Å². The maximum atomic E-state index is 12.7. The molecule has 2 fully saturated rings. The van der Waals surface area contributed by atoms with Crippen molar-refractivity contribution in [1.29, 1.82) is 0 Å². The van der Waals surface area contributed by atoms with Crippen molar-refractivity contribution >= 4 is 40.1 Å². The number of hydrogen-bond donors (Lipinski definition) is 2. The van der Waals surface area contributed by atoms with Gasteiger partial charge in [-0.1, -0.05) is 69.2 Å². The van der Waals surface area contributed by atoms with Gasteiger partial charge < -0.3 is 17.7 Å². The normalized spacial score (nSPS) is 25.1. The zero-order valence-electron chi connectivity index (χ0n) is 24.9. The molecule has 0 saturated carbocycles. The molecule has 2 aromatic rings. The van der Waals surface area contributed by atoms with E-state index in [1.807, 2.05) is 0 Å². The van der Waals surface area contributed by atoms with Crippen molar-refractivity contribution in [3.8, 4) is 0 Å². The minimum Gasteiger partial charge on any atom is -0.414 e. The summed E-state index contributed by atoms with van der Waals surface area (Å²) in [6.45, 7) is 21.5. The predicted molar refractivity (Wildman–Crippen MR) is 154 cm³/mol. The largest absolute Gasteiger partial charge is 0.414 e. The number of ether oxygens (including phenoxy) is 1. The third-order valence-electron chi connectivity index (χ3n) is 8.04. The zero-order chi connectivity index (χ0) is 28.9. The number of aromatic nitrogens is 4. The number of nitrogens with zero attached hydrogens (tertiary/aromatic N) is 3. The van der Waals surface area contributed by atoms with E-state index >= 15 is 0 Å². The van der Waals surface area contributed by atoms with Gasteiger partial charge >= 0.3 is 17.1 Å². The molecule has 4 rings (SSSR count). The van der Waals surface area contributed by atoms with Gasteiger partial charge in [-0.25, -0.2) is 4.98 Å². The van der Waals surface area contributed by atoms with Crippen molar-refractivity contribution in [3.63, 3.8) is 0 Å². The second-order valence-corrected chi connectivity index (χ2v) is 21.2. The first-order chi connectivity index (χ1) is 18.2. The van der Waals surface area contributed by atoms with Gasteiger partial charge in [0, 0.05) is 12.3 Å². The van der Waals surface area contributed by atoms with Crippen LogP contribution in [-0.4, -0.2) is 61.4 Å². The molecule has 2 aliphatic heterocycles. The third kappa shape index (κ3) is 5.41. The highest BCUT2D eigenvalue weighted by molar-refractivity contribution is 6.83. The molecule has 2 aliphatic rings. The molecule has 0 radical (unpaired) electrons. The average Bonchev–Trinajstić information content (AvgIpc) is 3.42. The highest BCUT2D eigenvalue weighted by atomic mass is 28.5. The van der Waals surface area contributed by atoms with Crippen LogP contribution in [0.3, 0.4) is 0 Å². The lowest BCUT2D eigenvalue weighted by molar-refractivity contribution is -0.118. The molecule has 0 spiro atoms. The van der Waals surface area contributed by atoms with Crippen molar-refractivity contribution in [2.75, 3.05) is 11.9 Å². The fourth-order valence-corrected chi connectivity index (χ4v) is 17.0. The average molecular weight is 580 g/mol. The number of carbonyl (C=O) groups excluding carboxylic acids is 1. The first-order valence-corrected chi connectivity index (χ1v) is 18.1. The van der Waals surface area contributed by atoms with Gasteiger partial charge in [-0.05, 0) is 22.2 Å². The number of rotatable bonds is 7. The van der Waals surface area contributed by atoms with E-state index < -0.39 is 28.9 Å². The number of anilines is 1. The Kier molecular flexibility index (Phi) is 8.61. The number of H-pyrrole nitrogens is 1. The van der Waals surface area contributed by atoms with Crippen molar-refractivity contribution in [1.82, 2.24) is 19.5 Å². The third-order valence-corrected chi connectivity index (χ3v) is 18.3. The second-order valence-electron chi connectivity index (χ2n) is 12.4. The summed E-state index contributed by atoms with van der Waals surface area (Å²) < 4.78 is 29.5. The molecular weight excluding hydrogens is 534 g/mol. The fraction of sp³-hybridized carbons (Fsp3) is 0.769. The van der Waals surface area contributed by atoms with Crippen LogP contribution in [-0.2, 0) is 22.5 Å².